The lowest BCUT2D eigenvalue weighted by molar-refractivity contribution is -0.122. The van der Waals surface area contributed by atoms with E-state index in [0.29, 0.717) is 6.54 Å². The van der Waals surface area contributed by atoms with Gasteiger partial charge in [-0.25, -0.2) is 0 Å². The molecule has 2 heteroatoms. The van der Waals surface area contributed by atoms with Gasteiger partial charge in [0.05, 0.1) is 0 Å². The van der Waals surface area contributed by atoms with Gasteiger partial charge in [-0.1, -0.05) is 12.8 Å². The molecule has 4 aliphatic carbocycles. The molecule has 4 fully saturated rings. The highest BCUT2D eigenvalue weighted by molar-refractivity contribution is 5.60. The van der Waals surface area contributed by atoms with Crippen LogP contribution >= 0.6 is 0 Å². The van der Waals surface area contributed by atoms with E-state index in [1.807, 2.05) is 0 Å². The summed E-state index contributed by atoms with van der Waals surface area (Å²) in [5, 5.41) is 0. The average Bonchev–Trinajstić information content (AvgIpc) is 3.02. The maximum Gasteiger partial charge on any atom is 0.127 e. The zero-order valence-electron chi connectivity index (χ0n) is 13.3. The van der Waals surface area contributed by atoms with Crippen LogP contribution in [0.4, 0.5) is 0 Å². The van der Waals surface area contributed by atoms with Crippen molar-refractivity contribution in [1.29, 1.82) is 0 Å². The number of aldehydes is 1. The second-order valence-electron chi connectivity index (χ2n) is 8.69. The third-order valence-electron chi connectivity index (χ3n) is 8.02. The number of fused-ring (bicyclic) bond motifs is 5. The monoisotopic (exact) mass is 289 g/mol. The molecule has 21 heavy (non-hydrogen) atoms. The lowest BCUT2D eigenvalue weighted by Gasteiger charge is -2.54. The molecule has 2 unspecified atom stereocenters. The predicted molar refractivity (Wildman–Crippen MR) is 84.7 cm³/mol. The van der Waals surface area contributed by atoms with Crippen molar-refractivity contribution >= 4 is 6.29 Å². The molecular formula is C19H31NO. The standard InChI is InChI=1S/C19H31NO/c20-11-19(12-21)9-8-16-14(10-19)5-7-17-15-3-1-2-13(15)4-6-18(16)17/h12-18H,1-11,20H2/t13-,14?,15+,16-,17-,18+,19?/m0/s1. The van der Waals surface area contributed by atoms with Gasteiger partial charge in [-0.05, 0) is 86.9 Å². The Morgan fingerprint density at radius 1 is 0.857 bits per heavy atom. The van der Waals surface area contributed by atoms with Crippen molar-refractivity contribution in [2.75, 3.05) is 6.54 Å². The molecule has 2 nitrogen and oxygen atoms in total. The number of rotatable bonds is 2. The Labute approximate surface area is 129 Å². The normalized spacial score (nSPS) is 52.6. The van der Waals surface area contributed by atoms with Crippen molar-refractivity contribution < 1.29 is 4.79 Å². The Morgan fingerprint density at radius 3 is 2.29 bits per heavy atom. The largest absolute Gasteiger partial charge is 0.329 e. The molecule has 4 rings (SSSR count). The van der Waals surface area contributed by atoms with Crippen LogP contribution in [0.1, 0.15) is 64.2 Å². The Balaban J connectivity index is 1.51. The van der Waals surface area contributed by atoms with Crippen LogP contribution in [0.25, 0.3) is 0 Å². The highest BCUT2D eigenvalue weighted by Gasteiger charge is 2.51. The smallest absolute Gasteiger partial charge is 0.127 e. The van der Waals surface area contributed by atoms with Crippen LogP contribution in [-0.4, -0.2) is 12.8 Å². The number of carbonyl (C=O) groups excluding carboxylic acids is 1. The van der Waals surface area contributed by atoms with Crippen LogP contribution < -0.4 is 5.73 Å². The van der Waals surface area contributed by atoms with Crippen molar-refractivity contribution in [2.24, 2.45) is 46.7 Å². The maximum atomic E-state index is 11.5. The summed E-state index contributed by atoms with van der Waals surface area (Å²) in [7, 11) is 0. The summed E-state index contributed by atoms with van der Waals surface area (Å²) in [4.78, 5) is 11.5. The fourth-order valence-corrected chi connectivity index (χ4v) is 6.98. The molecule has 118 valence electrons. The second-order valence-corrected chi connectivity index (χ2v) is 8.69. The first-order valence-electron chi connectivity index (χ1n) is 9.43. The van der Waals surface area contributed by atoms with Crippen molar-refractivity contribution in [3.05, 3.63) is 0 Å². The van der Waals surface area contributed by atoms with Crippen LogP contribution in [0.5, 0.6) is 0 Å². The molecule has 0 heterocycles. The minimum atomic E-state index is -0.168. The van der Waals surface area contributed by atoms with E-state index in [1.54, 1.807) is 0 Å². The van der Waals surface area contributed by atoms with Gasteiger partial charge in [-0.15, -0.1) is 0 Å². The first-order chi connectivity index (χ1) is 10.3. The van der Waals surface area contributed by atoms with Gasteiger partial charge >= 0.3 is 0 Å². The lowest BCUT2D eigenvalue weighted by atomic mass is 9.51. The van der Waals surface area contributed by atoms with Crippen LogP contribution in [0.3, 0.4) is 0 Å². The summed E-state index contributed by atoms with van der Waals surface area (Å²) in [6, 6.07) is 0. The van der Waals surface area contributed by atoms with Gasteiger partial charge in [0.1, 0.15) is 6.29 Å². The summed E-state index contributed by atoms with van der Waals surface area (Å²) < 4.78 is 0. The predicted octanol–water partition coefficient (Wildman–Crippen LogP) is 3.78. The zero-order chi connectivity index (χ0) is 14.4. The van der Waals surface area contributed by atoms with E-state index in [2.05, 4.69) is 0 Å². The Bertz CT molecular complexity index is 408. The van der Waals surface area contributed by atoms with Crippen LogP contribution in [0.2, 0.25) is 0 Å². The van der Waals surface area contributed by atoms with Gasteiger partial charge in [0.15, 0.2) is 0 Å². The molecule has 2 N–H and O–H groups in total. The topological polar surface area (TPSA) is 43.1 Å². The van der Waals surface area contributed by atoms with Gasteiger partial charge in [-0.3, -0.25) is 0 Å². The molecule has 0 aromatic rings. The van der Waals surface area contributed by atoms with Gasteiger partial charge in [0.25, 0.3) is 0 Å². The van der Waals surface area contributed by atoms with Gasteiger partial charge in [-0.2, -0.15) is 0 Å². The minimum Gasteiger partial charge on any atom is -0.329 e. The van der Waals surface area contributed by atoms with E-state index in [9.17, 15) is 4.79 Å². The molecule has 0 saturated heterocycles. The molecule has 0 amide bonds. The van der Waals surface area contributed by atoms with Crippen molar-refractivity contribution in [1.82, 2.24) is 0 Å². The van der Waals surface area contributed by atoms with Crippen LogP contribution in [0.15, 0.2) is 0 Å². The SMILES string of the molecule is NCC1(C=O)CC[C@H]2C(CC[C@H]3[C@@H]4CCC[C@H]4CC[C@@H]32)C1. The zero-order valence-corrected chi connectivity index (χ0v) is 13.3. The summed E-state index contributed by atoms with van der Waals surface area (Å²) in [5.41, 5.74) is 5.77. The first-order valence-corrected chi connectivity index (χ1v) is 9.43. The molecule has 4 saturated carbocycles. The summed E-state index contributed by atoms with van der Waals surface area (Å²) in [6.07, 6.45) is 15.0. The van der Waals surface area contributed by atoms with E-state index in [-0.39, 0.29) is 5.41 Å². The lowest BCUT2D eigenvalue weighted by Crippen LogP contribution is -2.48. The molecule has 0 radical (unpaired) electrons. The highest BCUT2D eigenvalue weighted by Crippen LogP contribution is 2.59. The minimum absolute atomic E-state index is 0.168. The number of carbonyl (C=O) groups is 1. The highest BCUT2D eigenvalue weighted by atomic mass is 16.1. The summed E-state index contributed by atoms with van der Waals surface area (Å²) in [5.74, 6) is 5.89. The third kappa shape index (κ3) is 2.20. The molecule has 7 atom stereocenters. The van der Waals surface area contributed by atoms with Crippen molar-refractivity contribution in [2.45, 2.75) is 64.2 Å². The van der Waals surface area contributed by atoms with E-state index in [4.69, 9.17) is 5.73 Å². The van der Waals surface area contributed by atoms with Gasteiger partial charge < -0.3 is 10.5 Å². The average molecular weight is 289 g/mol. The Hall–Kier alpha value is -0.370. The molecule has 4 aliphatic rings. The van der Waals surface area contributed by atoms with Crippen molar-refractivity contribution in [3.8, 4) is 0 Å². The molecule has 0 aliphatic heterocycles. The fraction of sp³-hybridized carbons (Fsp3) is 0.947. The summed E-state index contributed by atoms with van der Waals surface area (Å²) in [6.45, 7) is 0.568. The van der Waals surface area contributed by atoms with E-state index in [0.717, 1.165) is 48.3 Å². The number of nitrogens with two attached hydrogens (primary N) is 1. The van der Waals surface area contributed by atoms with E-state index >= 15 is 0 Å². The molecule has 0 aromatic carbocycles. The molecule has 0 bridgehead atoms. The van der Waals surface area contributed by atoms with Gasteiger partial charge in [0.2, 0.25) is 0 Å². The van der Waals surface area contributed by atoms with E-state index in [1.165, 1.54) is 57.7 Å². The summed E-state index contributed by atoms with van der Waals surface area (Å²) >= 11 is 0. The van der Waals surface area contributed by atoms with Crippen LogP contribution in [0, 0.1) is 40.9 Å². The van der Waals surface area contributed by atoms with Crippen LogP contribution in [-0.2, 0) is 4.79 Å². The number of hydrogen-bond donors (Lipinski definition) is 1. The van der Waals surface area contributed by atoms with Gasteiger partial charge in [0, 0.05) is 12.0 Å². The van der Waals surface area contributed by atoms with E-state index < -0.39 is 0 Å². The quantitative estimate of drug-likeness (QED) is 0.786. The Kier molecular flexibility index (Phi) is 3.64. The third-order valence-corrected chi connectivity index (χ3v) is 8.02. The maximum absolute atomic E-state index is 11.5. The van der Waals surface area contributed by atoms with Crippen molar-refractivity contribution in [3.63, 3.8) is 0 Å². The first kappa shape index (κ1) is 14.2. The molecule has 0 spiro atoms. The fourth-order valence-electron chi connectivity index (χ4n) is 6.98. The second kappa shape index (κ2) is 5.37. The molecular weight excluding hydrogens is 258 g/mol. The molecule has 0 aromatic heterocycles. The number of hydrogen-bond acceptors (Lipinski definition) is 2. The Morgan fingerprint density at radius 2 is 1.57 bits per heavy atom.